The monoisotopic (exact) mass is 1030 g/mol. The first-order valence-corrected chi connectivity index (χ1v) is 24.9. The number of thiazole rings is 1. The number of β-lactam (4-membered cyclic amide) rings is 1. The summed E-state index contributed by atoms with van der Waals surface area (Å²) in [5, 5.41) is 7.46. The van der Waals surface area contributed by atoms with Crippen LogP contribution in [-0.2, 0) is 57.3 Å². The summed E-state index contributed by atoms with van der Waals surface area (Å²) in [6.45, 7) is 5.60. The van der Waals surface area contributed by atoms with Crippen molar-refractivity contribution in [3.63, 3.8) is 0 Å². The highest BCUT2D eigenvalue weighted by atomic mass is 35.5. The number of aromatic nitrogens is 1. The molecule has 1 aromatic heterocycles. The minimum Gasteiger partial charge on any atom is -0.541 e. The van der Waals surface area contributed by atoms with E-state index in [0.29, 0.717) is 58.5 Å². The zero-order chi connectivity index (χ0) is 50.7. The summed E-state index contributed by atoms with van der Waals surface area (Å²) >= 11 is 8.27. The number of ether oxygens (including phenoxy) is 4. The minimum atomic E-state index is -1.81. The van der Waals surface area contributed by atoms with Crippen LogP contribution in [0.15, 0.2) is 82.5 Å². The van der Waals surface area contributed by atoms with Gasteiger partial charge in [0.2, 0.25) is 6.10 Å². The van der Waals surface area contributed by atoms with Crippen molar-refractivity contribution in [1.82, 2.24) is 20.1 Å². The van der Waals surface area contributed by atoms with E-state index >= 15 is 0 Å². The summed E-state index contributed by atoms with van der Waals surface area (Å²) in [7, 11) is 13.7. The molecule has 0 aliphatic carbocycles. The molecule has 0 saturated carbocycles. The lowest BCUT2D eigenvalue weighted by atomic mass is 10.0. The van der Waals surface area contributed by atoms with E-state index in [9.17, 15) is 28.2 Å². The molecule has 24 heteroatoms. The molecular weight excluding hydrogens is 978 g/mol. The largest absolute Gasteiger partial charge is 0.541 e. The van der Waals surface area contributed by atoms with Gasteiger partial charge >= 0.3 is 28.0 Å². The normalized spacial score (nSPS) is 22.9. The number of hydrogen-bond acceptors (Lipinski definition) is 16. The summed E-state index contributed by atoms with van der Waals surface area (Å²) in [6, 6.07) is 16.8. The molecule has 2 unspecified atom stereocenters. The van der Waals surface area contributed by atoms with Gasteiger partial charge in [-0.2, -0.15) is 0 Å². The zero-order valence-corrected chi connectivity index (χ0v) is 41.7. The lowest BCUT2D eigenvalue weighted by molar-refractivity contribution is -0.896. The van der Waals surface area contributed by atoms with E-state index in [1.165, 1.54) is 23.6 Å². The van der Waals surface area contributed by atoms with Crippen LogP contribution in [0.5, 0.6) is 23.0 Å². The van der Waals surface area contributed by atoms with Crippen LogP contribution in [0.25, 0.3) is 0 Å². The van der Waals surface area contributed by atoms with Gasteiger partial charge in [-0.3, -0.25) is 23.5 Å². The fourth-order valence-corrected chi connectivity index (χ4v) is 11.9. The van der Waals surface area contributed by atoms with E-state index < -0.39 is 52.1 Å². The molecule has 0 bridgehead atoms. The highest BCUT2D eigenvalue weighted by Gasteiger charge is 2.59. The second-order valence-electron chi connectivity index (χ2n) is 17.7. The lowest BCUT2D eigenvalue weighted by Gasteiger charge is -2.49. The molecule has 4 radical (unpaired) electrons. The molecule has 4 aliphatic rings. The Labute approximate surface area is 423 Å². The van der Waals surface area contributed by atoms with Crippen LogP contribution in [0.2, 0.25) is 5.02 Å². The number of likely N-dealkylation sites (tertiary alicyclic amines) is 2. The Morgan fingerprint density at radius 1 is 0.944 bits per heavy atom. The number of amides is 3. The number of hydrogen-bond donors (Lipinski definition) is 1. The maximum absolute atomic E-state index is 14.3. The first kappa shape index (κ1) is 51.0. The highest BCUT2D eigenvalue weighted by molar-refractivity contribution is 7.86. The average Bonchev–Trinajstić information content (AvgIpc) is 4.06. The molecule has 3 amide bonds. The summed E-state index contributed by atoms with van der Waals surface area (Å²) in [4.78, 5) is 79.3. The Kier molecular flexibility index (Phi) is 15.4. The van der Waals surface area contributed by atoms with E-state index in [1.54, 1.807) is 38.2 Å². The quantitative estimate of drug-likeness (QED) is 0.0499. The standard InChI is InChI=1S/C47H47B2ClN6O13S2/c1-25(46(60)67-48)69-53-38(35-23-70-26(2)51-35)42(57)52-39-44(59)55-40(47(61)68-49)31(24-71(62)45(39)55)20-56(3)18-29-16-54(17-30(29)19-56)43(58)34-14-15-36(65-21-27-6-10-32(63-4)11-7-27)41(37(34)50)66-22-28-8-12-33(64-5)13-9-28/h6-15,23,25,29-30,39,45H,16-22,24H2,1-5H3/p+1/b53-38-/t25-,29-,30+,39-,45-,56?,71?/m1/s1. The molecule has 19 nitrogen and oxygen atoms in total. The van der Waals surface area contributed by atoms with E-state index in [-0.39, 0.29) is 76.7 Å². The van der Waals surface area contributed by atoms with E-state index in [4.69, 9.17) is 51.5 Å². The van der Waals surface area contributed by atoms with Crippen molar-refractivity contribution in [2.24, 2.45) is 17.0 Å². The van der Waals surface area contributed by atoms with E-state index in [0.717, 1.165) is 16.0 Å². The van der Waals surface area contributed by atoms with Crippen molar-refractivity contribution >= 4 is 85.2 Å². The minimum absolute atomic E-state index is 0.0588. The third-order valence-electron chi connectivity index (χ3n) is 12.8. The predicted octanol–water partition coefficient (Wildman–Crippen LogP) is 3.16. The van der Waals surface area contributed by atoms with Crippen molar-refractivity contribution in [3.8, 4) is 23.0 Å². The van der Waals surface area contributed by atoms with Crippen LogP contribution in [0.4, 0.5) is 0 Å². The number of carbonyl (C=O) groups excluding carboxylic acids is 5. The third-order valence-corrected chi connectivity index (χ3v) is 15.6. The molecule has 4 aliphatic heterocycles. The highest BCUT2D eigenvalue weighted by Crippen LogP contribution is 2.43. The Hall–Kier alpha value is -6.42. The van der Waals surface area contributed by atoms with Crippen molar-refractivity contribution in [3.05, 3.63) is 110 Å². The number of methoxy groups -OCH3 is 2. The number of quaternary nitrogens is 1. The van der Waals surface area contributed by atoms with Crippen molar-refractivity contribution < 1.29 is 65.8 Å². The van der Waals surface area contributed by atoms with E-state index in [2.05, 4.69) is 24.8 Å². The fourth-order valence-electron chi connectivity index (χ4n) is 9.37. The van der Waals surface area contributed by atoms with Gasteiger partial charge < -0.3 is 47.8 Å². The first-order valence-electron chi connectivity index (χ1n) is 22.2. The van der Waals surface area contributed by atoms with Gasteiger partial charge in [0.1, 0.15) is 54.1 Å². The number of rotatable bonds is 18. The molecule has 3 aromatic carbocycles. The summed E-state index contributed by atoms with van der Waals surface area (Å²) in [5.41, 5.74) is 1.96. The maximum Gasteiger partial charge on any atom is 0.378 e. The number of oxime groups is 1. The number of halogens is 1. The number of benzene rings is 3. The molecule has 3 saturated heterocycles. The van der Waals surface area contributed by atoms with Crippen LogP contribution in [0.1, 0.15) is 39.1 Å². The third kappa shape index (κ3) is 10.8. The average molecular weight is 1030 g/mol. The number of fused-ring (bicyclic) bond motifs is 2. The molecule has 4 aromatic rings. The maximum atomic E-state index is 14.3. The molecule has 3 fully saturated rings. The fraction of sp³-hybridized carbons (Fsp3) is 0.383. The Morgan fingerprint density at radius 2 is 1.56 bits per heavy atom. The topological polar surface area (TPSA) is 211 Å². The Balaban J connectivity index is 0.950. The van der Waals surface area contributed by atoms with Gasteiger partial charge in [0.25, 0.3) is 17.7 Å². The predicted molar refractivity (Wildman–Crippen MR) is 260 cm³/mol. The molecule has 7 atom stereocenters. The number of carbonyl (C=O) groups is 5. The van der Waals surface area contributed by atoms with Crippen molar-refractivity contribution in [1.29, 1.82) is 0 Å². The van der Waals surface area contributed by atoms with Gasteiger partial charge in [0, 0.05) is 35.9 Å². The van der Waals surface area contributed by atoms with E-state index in [1.807, 2.05) is 55.6 Å². The van der Waals surface area contributed by atoms with Crippen molar-refractivity contribution in [2.75, 3.05) is 59.7 Å². The summed E-state index contributed by atoms with van der Waals surface area (Å²) in [6.07, 6.45) is -1.30. The molecule has 8 rings (SSSR count). The van der Waals surface area contributed by atoms with Crippen LogP contribution >= 0.6 is 22.9 Å². The summed E-state index contributed by atoms with van der Waals surface area (Å²) in [5.74, 6) is -1.89. The number of nitrogens with zero attached hydrogens (tertiary/aromatic N) is 5. The molecule has 0 spiro atoms. The first-order chi connectivity index (χ1) is 34.0. The molecular formula is C47H48B2ClN6O13S2+. The van der Waals surface area contributed by atoms with Gasteiger partial charge in [-0.1, -0.05) is 41.0 Å². The smallest absolute Gasteiger partial charge is 0.378 e. The second kappa shape index (κ2) is 21.5. The second-order valence-corrected chi connectivity index (χ2v) is 20.7. The molecule has 5 heterocycles. The number of nitrogens with one attached hydrogen (secondary N) is 1. The number of likely N-dealkylation sites (N-methyl/N-ethyl adjacent to an activating group) is 1. The van der Waals surface area contributed by atoms with Gasteiger partial charge in [0.05, 0.1) is 66.5 Å². The molecule has 71 heavy (non-hydrogen) atoms. The van der Waals surface area contributed by atoms with Gasteiger partial charge in [-0.05, 0) is 61.4 Å². The van der Waals surface area contributed by atoms with Crippen LogP contribution in [-0.4, -0.2) is 152 Å². The summed E-state index contributed by atoms with van der Waals surface area (Å²) < 4.78 is 46.3. The van der Waals surface area contributed by atoms with Crippen LogP contribution in [0, 0.1) is 18.8 Å². The number of aryl methyl sites for hydroxylation is 1. The SMILES string of the molecule is [B]OC(=O)C1=C(C[N+]2(C)C[C@H]3CN(C(=O)c4ccc(OCc5ccc(OC)cc5)c(OCc5ccc(OC)cc5)c4Cl)C[C@H]3C2)CS(=O)[C@@H]2[C@H](NC(=O)/C(=N\O[C@H](C)C(=O)O[B])c3csc(C)n3)C(=O)N12. The zero-order valence-electron chi connectivity index (χ0n) is 39.3. The van der Waals surface area contributed by atoms with Crippen LogP contribution in [0.3, 0.4) is 0 Å². The molecule has 1 N–H and O–H groups in total. The van der Waals surface area contributed by atoms with Crippen molar-refractivity contribution in [2.45, 2.75) is 44.6 Å². The van der Waals surface area contributed by atoms with Gasteiger partial charge in [-0.25, -0.2) is 14.6 Å². The van der Waals surface area contributed by atoms with Gasteiger partial charge in [0.15, 0.2) is 17.2 Å². The lowest BCUT2D eigenvalue weighted by Crippen LogP contribution is -2.74. The molecule has 368 valence electrons. The van der Waals surface area contributed by atoms with Gasteiger partial charge in [-0.15, -0.1) is 11.3 Å². The van der Waals surface area contributed by atoms with Crippen LogP contribution < -0.4 is 24.3 Å². The Bertz CT molecular complexity index is 2800. The Morgan fingerprint density at radius 3 is 2.13 bits per heavy atom.